The van der Waals surface area contributed by atoms with Gasteiger partial charge >= 0.3 is 0 Å². The molecule has 1 aromatic rings. The Labute approximate surface area is 121 Å². The molecule has 1 fully saturated rings. The van der Waals surface area contributed by atoms with Crippen molar-refractivity contribution in [3.63, 3.8) is 0 Å². The van der Waals surface area contributed by atoms with Gasteiger partial charge < -0.3 is 10.3 Å². The molecule has 0 spiro atoms. The topological polar surface area (TPSA) is 77.1 Å². The molecule has 1 aromatic heterocycles. The Kier molecular flexibility index (Phi) is 4.27. The number of nitrogens with two attached hydrogens (primary N) is 1. The number of nitrogens with zero attached hydrogens (tertiary/aromatic N) is 1. The molecule has 0 amide bonds. The summed E-state index contributed by atoms with van der Waals surface area (Å²) < 4.78 is 29.4. The molecule has 3 N–H and O–H groups in total. The molecule has 0 atom stereocenters. The first-order valence-corrected chi connectivity index (χ1v) is 8.66. The third-order valence-corrected chi connectivity index (χ3v) is 5.60. The van der Waals surface area contributed by atoms with E-state index in [1.807, 2.05) is 18.4 Å². The van der Waals surface area contributed by atoms with Gasteiger partial charge in [-0.25, -0.2) is 13.1 Å². The average Bonchev–Trinajstić information content (AvgIpc) is 2.79. The monoisotopic (exact) mass is 299 g/mol. The van der Waals surface area contributed by atoms with Gasteiger partial charge in [0.2, 0.25) is 10.0 Å². The van der Waals surface area contributed by atoms with E-state index in [-0.39, 0.29) is 11.5 Å². The highest BCUT2D eigenvalue weighted by atomic mass is 32.2. The van der Waals surface area contributed by atoms with Crippen molar-refractivity contribution in [2.45, 2.75) is 57.5 Å². The summed E-state index contributed by atoms with van der Waals surface area (Å²) in [7, 11) is -3.44. The van der Waals surface area contributed by atoms with Crippen molar-refractivity contribution >= 4 is 10.0 Å². The predicted molar refractivity (Wildman–Crippen MR) is 79.9 cm³/mol. The highest BCUT2D eigenvalue weighted by Gasteiger charge is 2.33. The number of hydrogen-bond acceptors (Lipinski definition) is 3. The summed E-state index contributed by atoms with van der Waals surface area (Å²) in [5.41, 5.74) is 6.66. The minimum atomic E-state index is -3.44. The normalized spacial score (nSPS) is 18.2. The number of rotatable bonds is 6. The van der Waals surface area contributed by atoms with Crippen LogP contribution in [0.2, 0.25) is 0 Å². The number of sulfonamides is 1. The molecule has 5 nitrogen and oxygen atoms in total. The van der Waals surface area contributed by atoms with E-state index in [1.54, 1.807) is 12.3 Å². The van der Waals surface area contributed by atoms with Crippen LogP contribution in [0.15, 0.2) is 17.2 Å². The first kappa shape index (κ1) is 15.5. The number of aromatic nitrogens is 1. The van der Waals surface area contributed by atoms with Crippen molar-refractivity contribution in [1.82, 2.24) is 9.29 Å². The van der Waals surface area contributed by atoms with Gasteiger partial charge in [0.15, 0.2) is 0 Å². The lowest BCUT2D eigenvalue weighted by atomic mass is 9.71. The van der Waals surface area contributed by atoms with Crippen molar-refractivity contribution in [1.29, 1.82) is 0 Å². The highest BCUT2D eigenvalue weighted by molar-refractivity contribution is 7.89. The molecule has 1 saturated carbocycles. The number of nitrogens with one attached hydrogen (secondary N) is 1. The summed E-state index contributed by atoms with van der Waals surface area (Å²) in [4.78, 5) is 0.314. The van der Waals surface area contributed by atoms with Crippen LogP contribution in [0.3, 0.4) is 0 Å². The maximum absolute atomic E-state index is 12.4. The lowest BCUT2D eigenvalue weighted by molar-refractivity contribution is 0.166. The van der Waals surface area contributed by atoms with Gasteiger partial charge in [0.05, 0.1) is 4.90 Å². The lowest BCUT2D eigenvalue weighted by Gasteiger charge is -2.38. The van der Waals surface area contributed by atoms with E-state index in [4.69, 9.17) is 5.73 Å². The van der Waals surface area contributed by atoms with Crippen LogP contribution < -0.4 is 10.5 Å². The zero-order valence-electron chi connectivity index (χ0n) is 12.5. The van der Waals surface area contributed by atoms with Gasteiger partial charge in [-0.05, 0) is 38.2 Å². The molecule has 114 valence electrons. The lowest BCUT2D eigenvalue weighted by Crippen LogP contribution is -2.39. The van der Waals surface area contributed by atoms with Gasteiger partial charge in [-0.15, -0.1) is 0 Å². The first-order valence-electron chi connectivity index (χ1n) is 7.18. The van der Waals surface area contributed by atoms with Crippen molar-refractivity contribution in [3.05, 3.63) is 18.0 Å². The molecule has 0 bridgehead atoms. The second-order valence-electron chi connectivity index (χ2n) is 6.36. The standard InChI is InChI=1S/C14H25N3O2S/c1-11(2)17-9-13(7-12(17)8-15)20(18,19)16-10-14(3)5-4-6-14/h7,9,11,16H,4-6,8,10,15H2,1-3H3. The summed E-state index contributed by atoms with van der Waals surface area (Å²) in [6.45, 7) is 7.01. The molecule has 0 aromatic carbocycles. The Morgan fingerprint density at radius 3 is 2.50 bits per heavy atom. The van der Waals surface area contributed by atoms with Crippen molar-refractivity contribution in [3.8, 4) is 0 Å². The molecule has 2 rings (SSSR count). The van der Waals surface area contributed by atoms with E-state index in [0.29, 0.717) is 18.0 Å². The number of hydrogen-bond donors (Lipinski definition) is 2. The third-order valence-electron chi connectivity index (χ3n) is 4.23. The minimum Gasteiger partial charge on any atom is -0.346 e. The molecule has 0 aliphatic heterocycles. The zero-order chi connectivity index (χ0) is 15.0. The van der Waals surface area contributed by atoms with Crippen molar-refractivity contribution in [2.24, 2.45) is 11.1 Å². The fourth-order valence-corrected chi connectivity index (χ4v) is 3.85. The second-order valence-corrected chi connectivity index (χ2v) is 8.13. The quantitative estimate of drug-likeness (QED) is 0.843. The molecule has 6 heteroatoms. The van der Waals surface area contributed by atoms with Gasteiger partial charge in [-0.3, -0.25) is 0 Å². The highest BCUT2D eigenvalue weighted by Crippen LogP contribution is 2.39. The van der Waals surface area contributed by atoms with Gasteiger partial charge in [-0.2, -0.15) is 0 Å². The van der Waals surface area contributed by atoms with Crippen LogP contribution in [0.1, 0.15) is 51.8 Å². The van der Waals surface area contributed by atoms with E-state index >= 15 is 0 Å². The summed E-state index contributed by atoms with van der Waals surface area (Å²) in [5, 5.41) is 0. The van der Waals surface area contributed by atoms with Gasteiger partial charge in [0, 0.05) is 31.0 Å². The molecule has 0 unspecified atom stereocenters. The van der Waals surface area contributed by atoms with E-state index in [0.717, 1.165) is 18.5 Å². The summed E-state index contributed by atoms with van der Waals surface area (Å²) in [6, 6.07) is 1.87. The molecule has 1 heterocycles. The Balaban J connectivity index is 2.16. The van der Waals surface area contributed by atoms with Crippen LogP contribution in [0.25, 0.3) is 0 Å². The Morgan fingerprint density at radius 2 is 2.10 bits per heavy atom. The molecule has 0 radical (unpaired) electrons. The molecule has 1 aliphatic carbocycles. The van der Waals surface area contributed by atoms with E-state index in [9.17, 15) is 8.42 Å². The fraction of sp³-hybridized carbons (Fsp3) is 0.714. The largest absolute Gasteiger partial charge is 0.346 e. The van der Waals surface area contributed by atoms with Crippen LogP contribution >= 0.6 is 0 Å². The fourth-order valence-electron chi connectivity index (χ4n) is 2.60. The molecular formula is C14H25N3O2S. The second kappa shape index (κ2) is 5.50. The summed E-state index contributed by atoms with van der Waals surface area (Å²) in [6.07, 6.45) is 5.06. The smallest absolute Gasteiger partial charge is 0.242 e. The summed E-state index contributed by atoms with van der Waals surface area (Å²) >= 11 is 0. The SMILES string of the molecule is CC(C)n1cc(S(=O)(=O)NCC2(C)CCC2)cc1CN. The van der Waals surface area contributed by atoms with Crippen molar-refractivity contribution < 1.29 is 8.42 Å². The van der Waals surface area contributed by atoms with Crippen LogP contribution in [-0.2, 0) is 16.6 Å². The van der Waals surface area contributed by atoms with Crippen molar-refractivity contribution in [2.75, 3.05) is 6.54 Å². The summed E-state index contributed by atoms with van der Waals surface area (Å²) in [5.74, 6) is 0. The van der Waals surface area contributed by atoms with Gasteiger partial charge in [0.1, 0.15) is 0 Å². The first-order chi connectivity index (χ1) is 9.27. The van der Waals surface area contributed by atoms with Crippen LogP contribution in [0.4, 0.5) is 0 Å². The average molecular weight is 299 g/mol. The Bertz CT molecular complexity index is 571. The van der Waals surface area contributed by atoms with Crippen LogP contribution in [0, 0.1) is 5.41 Å². The van der Waals surface area contributed by atoms with E-state index in [1.165, 1.54) is 6.42 Å². The molecule has 0 saturated heterocycles. The van der Waals surface area contributed by atoms with Gasteiger partial charge in [-0.1, -0.05) is 13.3 Å². The van der Waals surface area contributed by atoms with Gasteiger partial charge in [0.25, 0.3) is 0 Å². The predicted octanol–water partition coefficient (Wildman–Crippen LogP) is 2.00. The zero-order valence-corrected chi connectivity index (χ0v) is 13.3. The molecule has 20 heavy (non-hydrogen) atoms. The van der Waals surface area contributed by atoms with Crippen LogP contribution in [-0.4, -0.2) is 19.5 Å². The Morgan fingerprint density at radius 1 is 1.45 bits per heavy atom. The van der Waals surface area contributed by atoms with E-state index in [2.05, 4.69) is 11.6 Å². The van der Waals surface area contributed by atoms with Crippen LogP contribution in [0.5, 0.6) is 0 Å². The minimum absolute atomic E-state index is 0.129. The Hall–Kier alpha value is -0.850. The molecule has 1 aliphatic rings. The maximum atomic E-state index is 12.4. The van der Waals surface area contributed by atoms with E-state index < -0.39 is 10.0 Å². The third kappa shape index (κ3) is 3.07. The maximum Gasteiger partial charge on any atom is 0.242 e. The molecular weight excluding hydrogens is 274 g/mol.